The molecule has 0 amide bonds. The van der Waals surface area contributed by atoms with Crippen LogP contribution in [0.3, 0.4) is 0 Å². The first-order valence-electron chi connectivity index (χ1n) is 9.67. The third kappa shape index (κ3) is 4.85. The molecule has 32 heavy (non-hydrogen) atoms. The molecule has 0 spiro atoms. The minimum absolute atomic E-state index is 0.00884. The van der Waals surface area contributed by atoms with E-state index in [1.807, 2.05) is 22.6 Å². The van der Waals surface area contributed by atoms with Gasteiger partial charge in [0.1, 0.15) is 29.5 Å². The molecule has 0 radical (unpaired) electrons. The maximum Gasteiger partial charge on any atom is 0.238 e. The van der Waals surface area contributed by atoms with E-state index in [0.29, 0.717) is 16.4 Å². The van der Waals surface area contributed by atoms with Crippen molar-refractivity contribution in [2.75, 3.05) is 23.8 Å². The van der Waals surface area contributed by atoms with Crippen molar-refractivity contribution in [1.82, 2.24) is 0 Å². The molecule has 1 aliphatic rings. The van der Waals surface area contributed by atoms with Crippen molar-refractivity contribution in [2.45, 2.75) is 24.0 Å². The summed E-state index contributed by atoms with van der Waals surface area (Å²) in [5.74, 6) is -1.73. The Morgan fingerprint density at radius 2 is 1.88 bits per heavy atom. The normalized spacial score (nSPS) is 14.4. The Kier molecular flexibility index (Phi) is 7.33. The minimum Gasteiger partial charge on any atom is -0.493 e. The van der Waals surface area contributed by atoms with E-state index in [0.717, 1.165) is 0 Å². The number of hydrogen-bond acceptors (Lipinski definition) is 5. The average molecular weight is 576 g/mol. The highest BCUT2D eigenvalue weighted by Gasteiger charge is 2.54. The maximum absolute atomic E-state index is 15.3. The summed E-state index contributed by atoms with van der Waals surface area (Å²) >= 11 is 1.95. The maximum atomic E-state index is 15.3. The van der Waals surface area contributed by atoms with E-state index in [9.17, 15) is 12.8 Å². The number of sulfonamides is 1. The van der Waals surface area contributed by atoms with Crippen LogP contribution in [0.5, 0.6) is 11.5 Å². The molecule has 1 saturated carbocycles. The Bertz CT molecular complexity index is 1150. The van der Waals surface area contributed by atoms with Gasteiger partial charge < -0.3 is 14.8 Å². The summed E-state index contributed by atoms with van der Waals surface area (Å²) in [4.78, 5) is 0. The van der Waals surface area contributed by atoms with Gasteiger partial charge in [-0.2, -0.15) is 0 Å². The van der Waals surface area contributed by atoms with Gasteiger partial charge in [0.25, 0.3) is 0 Å². The second kappa shape index (κ2) is 9.65. The second-order valence-corrected chi connectivity index (χ2v) is 10.6. The molecular formula is C22H23F2IN2O4S. The van der Waals surface area contributed by atoms with Crippen LogP contribution in [0.1, 0.15) is 19.3 Å². The zero-order valence-electron chi connectivity index (χ0n) is 17.4. The average Bonchev–Trinajstić information content (AvgIpc) is 3.53. The van der Waals surface area contributed by atoms with Crippen LogP contribution < -0.4 is 19.5 Å². The first-order valence-corrected chi connectivity index (χ1v) is 12.2. The summed E-state index contributed by atoms with van der Waals surface area (Å²) in [5.41, 5.74) is -0.542. The summed E-state index contributed by atoms with van der Waals surface area (Å²) in [6.45, 7) is 7.24. The monoisotopic (exact) mass is 576 g/mol. The van der Waals surface area contributed by atoms with E-state index in [4.69, 9.17) is 9.47 Å². The molecule has 1 aliphatic carbocycles. The predicted molar refractivity (Wildman–Crippen MR) is 130 cm³/mol. The fraction of sp³-hybridized carbons (Fsp3) is 0.273. The lowest BCUT2D eigenvalue weighted by Gasteiger charge is -2.23. The third-order valence-corrected chi connectivity index (χ3v) is 7.95. The van der Waals surface area contributed by atoms with Gasteiger partial charge in [-0.1, -0.05) is 18.7 Å². The van der Waals surface area contributed by atoms with Crippen molar-refractivity contribution >= 4 is 49.7 Å². The molecule has 3 rings (SSSR count). The predicted octanol–water partition coefficient (Wildman–Crippen LogP) is 5.74. The smallest absolute Gasteiger partial charge is 0.238 e. The highest BCUT2D eigenvalue weighted by atomic mass is 127. The minimum atomic E-state index is -3.95. The zero-order valence-corrected chi connectivity index (χ0v) is 20.4. The van der Waals surface area contributed by atoms with Crippen LogP contribution >= 0.6 is 22.6 Å². The van der Waals surface area contributed by atoms with Crippen LogP contribution in [0.25, 0.3) is 0 Å². The summed E-state index contributed by atoms with van der Waals surface area (Å²) in [5, 5.41) is 2.67. The standard InChI is InChI=1S/C22H23F2IN2O4S/c1-4-8-22(9-10-22)32(28,29)27-20-18(31-11-5-2)13-17(30-3)19(24)21(20)26-16-7-6-14(25)12-15(16)23/h4-7,12-13,26-27H,1-2,8-11H2,3H3. The van der Waals surface area contributed by atoms with Crippen LogP contribution in [0.2, 0.25) is 0 Å². The number of nitrogens with one attached hydrogen (secondary N) is 2. The van der Waals surface area contributed by atoms with Crippen LogP contribution in [0, 0.1) is 15.2 Å². The molecule has 0 atom stereocenters. The van der Waals surface area contributed by atoms with Crippen LogP contribution in [0.4, 0.5) is 25.8 Å². The van der Waals surface area contributed by atoms with Gasteiger partial charge >= 0.3 is 0 Å². The van der Waals surface area contributed by atoms with Gasteiger partial charge in [0.15, 0.2) is 11.6 Å². The summed E-state index contributed by atoms with van der Waals surface area (Å²) < 4.78 is 69.0. The Morgan fingerprint density at radius 3 is 2.44 bits per heavy atom. The third-order valence-electron chi connectivity index (χ3n) is 5.09. The highest BCUT2D eigenvalue weighted by molar-refractivity contribution is 14.1. The second-order valence-electron chi connectivity index (χ2n) is 7.27. The van der Waals surface area contributed by atoms with Gasteiger partial charge in [-0.3, -0.25) is 4.72 Å². The van der Waals surface area contributed by atoms with E-state index in [1.165, 1.54) is 37.5 Å². The first-order chi connectivity index (χ1) is 15.2. The molecule has 0 bridgehead atoms. The molecule has 2 aromatic rings. The number of ether oxygens (including phenoxy) is 2. The molecular weight excluding hydrogens is 553 g/mol. The van der Waals surface area contributed by atoms with Crippen molar-refractivity contribution in [3.63, 3.8) is 0 Å². The molecule has 2 N–H and O–H groups in total. The largest absolute Gasteiger partial charge is 0.493 e. The van der Waals surface area contributed by atoms with Crippen molar-refractivity contribution in [3.05, 3.63) is 64.8 Å². The van der Waals surface area contributed by atoms with E-state index in [2.05, 4.69) is 23.2 Å². The topological polar surface area (TPSA) is 76.7 Å². The van der Waals surface area contributed by atoms with Gasteiger partial charge in [-0.25, -0.2) is 17.2 Å². The Balaban J connectivity index is 2.16. The highest BCUT2D eigenvalue weighted by Crippen LogP contribution is 2.50. The van der Waals surface area contributed by atoms with E-state index >= 15 is 4.39 Å². The van der Waals surface area contributed by atoms with Gasteiger partial charge in [-0.15, -0.1) is 6.58 Å². The van der Waals surface area contributed by atoms with Crippen molar-refractivity contribution in [1.29, 1.82) is 0 Å². The number of allylic oxidation sites excluding steroid dienone is 1. The Labute approximate surface area is 199 Å². The number of benzene rings is 2. The fourth-order valence-electron chi connectivity index (χ4n) is 3.19. The number of rotatable bonds is 11. The van der Waals surface area contributed by atoms with Crippen molar-refractivity contribution in [2.24, 2.45) is 0 Å². The Hall–Kier alpha value is -2.34. The van der Waals surface area contributed by atoms with E-state index in [1.54, 1.807) is 6.07 Å². The molecule has 10 heteroatoms. The molecule has 0 heterocycles. The van der Waals surface area contributed by atoms with Crippen LogP contribution in [0.15, 0.2) is 49.6 Å². The van der Waals surface area contributed by atoms with Crippen molar-refractivity contribution < 1.29 is 26.7 Å². The summed E-state index contributed by atoms with van der Waals surface area (Å²) in [7, 11) is -2.69. The molecule has 0 unspecified atom stereocenters. The molecule has 2 aromatic carbocycles. The molecule has 172 valence electrons. The lowest BCUT2D eigenvalue weighted by molar-refractivity contribution is 0.353. The number of anilines is 3. The quantitative estimate of drug-likeness (QED) is 0.264. The summed E-state index contributed by atoms with van der Waals surface area (Å²) in [6, 6.07) is 5.56. The lowest BCUT2D eigenvalue weighted by Crippen LogP contribution is -2.30. The van der Waals surface area contributed by atoms with Crippen LogP contribution in [-0.4, -0.2) is 26.9 Å². The number of hydrogen-bond donors (Lipinski definition) is 2. The zero-order chi connectivity index (χ0) is 23.5. The molecule has 0 aliphatic heterocycles. The van der Waals surface area contributed by atoms with Gasteiger partial charge in [0.2, 0.25) is 10.0 Å². The summed E-state index contributed by atoms with van der Waals surface area (Å²) in [6.07, 6.45) is 4.14. The lowest BCUT2D eigenvalue weighted by atomic mass is 10.2. The molecule has 6 nitrogen and oxygen atoms in total. The Morgan fingerprint density at radius 1 is 1.16 bits per heavy atom. The molecule has 0 saturated heterocycles. The number of halogens is 3. The molecule has 0 aromatic heterocycles. The van der Waals surface area contributed by atoms with E-state index < -0.39 is 26.4 Å². The first kappa shape index (κ1) is 24.3. The fourth-order valence-corrected chi connectivity index (χ4v) is 5.31. The van der Waals surface area contributed by atoms with Gasteiger partial charge in [0.05, 0.1) is 17.5 Å². The van der Waals surface area contributed by atoms with E-state index in [-0.39, 0.29) is 41.6 Å². The van der Waals surface area contributed by atoms with Crippen LogP contribution in [-0.2, 0) is 10.0 Å². The molecule has 1 fully saturated rings. The van der Waals surface area contributed by atoms with Gasteiger partial charge in [-0.05, 0) is 60.1 Å². The van der Waals surface area contributed by atoms with Crippen molar-refractivity contribution in [3.8, 4) is 11.5 Å². The van der Waals surface area contributed by atoms with Gasteiger partial charge in [0, 0.05) is 9.64 Å². The number of methoxy groups -OCH3 is 1. The SMILES string of the molecule is C=CCOc1cc(OC)c(F)c(Nc2ccc(I)cc2F)c1NS(=O)(=O)C1(CC=C)CC1.